The van der Waals surface area contributed by atoms with Crippen molar-refractivity contribution >= 4 is 68.0 Å². The minimum Gasteiger partial charge on any atom is -0.380 e. The van der Waals surface area contributed by atoms with Crippen molar-refractivity contribution in [1.82, 2.24) is 9.88 Å². The minimum atomic E-state index is 0.452. The van der Waals surface area contributed by atoms with E-state index in [0.717, 1.165) is 50.6 Å². The number of anilines is 2. The van der Waals surface area contributed by atoms with Gasteiger partial charge in [-0.2, -0.15) is 0 Å². The van der Waals surface area contributed by atoms with Gasteiger partial charge >= 0.3 is 0 Å². The Bertz CT molecular complexity index is 1290. The summed E-state index contributed by atoms with van der Waals surface area (Å²) in [5.41, 5.74) is 6.14. The normalized spacial score (nSPS) is 16.8. The number of hydrogen-bond acceptors (Lipinski definition) is 3. The third-order valence-electron chi connectivity index (χ3n) is 6.54. The lowest BCUT2D eigenvalue weighted by Crippen LogP contribution is -2.66. The maximum atomic E-state index is 6.22. The molecule has 2 N–H and O–H groups in total. The summed E-state index contributed by atoms with van der Waals surface area (Å²) in [6.07, 6.45) is 2.47. The molecule has 2 aliphatic heterocycles. The summed E-state index contributed by atoms with van der Waals surface area (Å²) < 4.78 is 5.41. The van der Waals surface area contributed by atoms with Gasteiger partial charge in [-0.05, 0) is 48.4 Å². The molecule has 0 unspecified atom stereocenters. The summed E-state index contributed by atoms with van der Waals surface area (Å²) in [6, 6.07) is 18.6. The lowest BCUT2D eigenvalue weighted by molar-refractivity contribution is -0.188. The molecule has 0 atom stereocenters. The average molecular weight is 503 g/mol. The van der Waals surface area contributed by atoms with Crippen molar-refractivity contribution in [2.45, 2.75) is 6.42 Å². The molecule has 0 aliphatic carbocycles. The summed E-state index contributed by atoms with van der Waals surface area (Å²) in [7, 11) is 0. The number of H-pyrrole nitrogens is 1. The van der Waals surface area contributed by atoms with Crippen LogP contribution in [0.5, 0.6) is 0 Å². The predicted octanol–water partition coefficient (Wildman–Crippen LogP) is 7.10. The standard InChI is InChI=1S/C25H23Cl2N3O.CH3Cl/c26-21-6-5-17(11-22(21)27)28-18-9-16(7-8-30-12-25(13-30)14-31-15-25)24-20(10-18)19-3-1-2-4-23(19)29-24;1-2/h1-6,9-11,28-29H,7-8,12-15H2;1H3. The minimum absolute atomic E-state index is 0.452. The Kier molecular flexibility index (Phi) is 6.47. The quantitative estimate of drug-likeness (QED) is 0.286. The number of benzene rings is 3. The molecule has 1 spiro atoms. The van der Waals surface area contributed by atoms with E-state index in [-0.39, 0.29) is 0 Å². The molecule has 4 nitrogen and oxygen atoms in total. The molecular formula is C26H26Cl3N3O. The monoisotopic (exact) mass is 501 g/mol. The Morgan fingerprint density at radius 1 is 0.939 bits per heavy atom. The molecule has 0 amide bonds. The number of ether oxygens (including phenoxy) is 1. The summed E-state index contributed by atoms with van der Waals surface area (Å²) in [4.78, 5) is 6.19. The van der Waals surface area contributed by atoms with Gasteiger partial charge in [-0.25, -0.2) is 0 Å². The summed E-state index contributed by atoms with van der Waals surface area (Å²) >= 11 is 16.9. The van der Waals surface area contributed by atoms with Gasteiger partial charge in [0.15, 0.2) is 0 Å². The van der Waals surface area contributed by atoms with Gasteiger partial charge < -0.3 is 19.9 Å². The zero-order valence-corrected chi connectivity index (χ0v) is 20.7. The molecule has 7 heteroatoms. The number of aromatic nitrogens is 1. The van der Waals surface area contributed by atoms with Crippen molar-refractivity contribution in [1.29, 1.82) is 0 Å². The number of nitrogens with one attached hydrogen (secondary N) is 2. The number of fused-ring (bicyclic) bond motifs is 3. The van der Waals surface area contributed by atoms with Crippen LogP contribution in [0.4, 0.5) is 11.4 Å². The van der Waals surface area contributed by atoms with Gasteiger partial charge in [0.25, 0.3) is 0 Å². The summed E-state index contributed by atoms with van der Waals surface area (Å²) in [5, 5.41) is 7.11. The first-order valence-corrected chi connectivity index (χ1v) is 12.5. The zero-order chi connectivity index (χ0) is 23.0. The Morgan fingerprint density at radius 3 is 2.45 bits per heavy atom. The van der Waals surface area contributed by atoms with Crippen LogP contribution in [0, 0.1) is 5.41 Å². The van der Waals surface area contributed by atoms with Gasteiger partial charge in [-0.1, -0.05) is 41.4 Å². The molecule has 6 rings (SSSR count). The Labute approximate surface area is 208 Å². The van der Waals surface area contributed by atoms with Gasteiger partial charge in [-0.3, -0.25) is 0 Å². The van der Waals surface area contributed by atoms with Crippen LogP contribution < -0.4 is 5.32 Å². The third-order valence-corrected chi connectivity index (χ3v) is 7.28. The number of halogens is 3. The number of hydrogen-bond donors (Lipinski definition) is 2. The first kappa shape index (κ1) is 22.8. The van der Waals surface area contributed by atoms with Crippen LogP contribution >= 0.6 is 34.8 Å². The fourth-order valence-corrected chi connectivity index (χ4v) is 5.24. The number of nitrogens with zero attached hydrogens (tertiary/aromatic N) is 1. The largest absolute Gasteiger partial charge is 0.380 e. The first-order valence-electron chi connectivity index (χ1n) is 11.0. The molecule has 0 radical (unpaired) electrons. The second-order valence-corrected chi connectivity index (χ2v) is 9.75. The highest BCUT2D eigenvalue weighted by molar-refractivity contribution is 6.42. The van der Waals surface area contributed by atoms with Crippen LogP contribution in [-0.2, 0) is 11.2 Å². The van der Waals surface area contributed by atoms with Gasteiger partial charge in [0, 0.05) is 64.6 Å². The molecule has 172 valence electrons. The van der Waals surface area contributed by atoms with Crippen molar-refractivity contribution in [2.24, 2.45) is 5.41 Å². The van der Waals surface area contributed by atoms with Gasteiger partial charge in [0.05, 0.1) is 23.3 Å². The van der Waals surface area contributed by atoms with E-state index in [1.54, 1.807) is 0 Å². The van der Waals surface area contributed by atoms with E-state index in [0.29, 0.717) is 15.5 Å². The highest BCUT2D eigenvalue weighted by Gasteiger charge is 2.48. The Hall–Kier alpha value is -1.95. The van der Waals surface area contributed by atoms with E-state index in [9.17, 15) is 0 Å². The van der Waals surface area contributed by atoms with E-state index in [2.05, 4.69) is 63.2 Å². The van der Waals surface area contributed by atoms with E-state index in [4.69, 9.17) is 27.9 Å². The van der Waals surface area contributed by atoms with Gasteiger partial charge in [-0.15, -0.1) is 11.6 Å². The third kappa shape index (κ3) is 4.43. The fourth-order valence-electron chi connectivity index (χ4n) is 4.95. The lowest BCUT2D eigenvalue weighted by Gasteiger charge is -2.55. The molecule has 4 aromatic rings. The summed E-state index contributed by atoms with van der Waals surface area (Å²) in [6.45, 7) is 5.23. The maximum Gasteiger partial charge on any atom is 0.0612 e. The van der Waals surface area contributed by atoms with Crippen LogP contribution in [0.1, 0.15) is 5.56 Å². The highest BCUT2D eigenvalue weighted by atomic mass is 35.5. The van der Waals surface area contributed by atoms with Crippen molar-refractivity contribution in [2.75, 3.05) is 44.5 Å². The van der Waals surface area contributed by atoms with Crippen LogP contribution in [0.15, 0.2) is 54.6 Å². The number of alkyl halides is 1. The highest BCUT2D eigenvalue weighted by Crippen LogP contribution is 2.38. The van der Waals surface area contributed by atoms with Crippen molar-refractivity contribution in [3.8, 4) is 0 Å². The van der Waals surface area contributed by atoms with E-state index in [1.807, 2.05) is 18.2 Å². The van der Waals surface area contributed by atoms with E-state index >= 15 is 0 Å². The van der Waals surface area contributed by atoms with Gasteiger partial charge in [0.2, 0.25) is 0 Å². The number of aromatic amines is 1. The predicted molar refractivity (Wildman–Crippen MR) is 141 cm³/mol. The molecule has 3 heterocycles. The van der Waals surface area contributed by atoms with E-state index < -0.39 is 0 Å². The number of likely N-dealkylation sites (tertiary alicyclic amines) is 1. The first-order chi connectivity index (χ1) is 16.1. The molecule has 33 heavy (non-hydrogen) atoms. The van der Waals surface area contributed by atoms with Crippen LogP contribution in [0.2, 0.25) is 10.0 Å². The Balaban J connectivity index is 0.00000111. The van der Waals surface area contributed by atoms with Crippen molar-refractivity contribution in [3.63, 3.8) is 0 Å². The zero-order valence-electron chi connectivity index (χ0n) is 18.4. The molecule has 3 aromatic carbocycles. The molecule has 0 saturated carbocycles. The van der Waals surface area contributed by atoms with Crippen molar-refractivity contribution < 1.29 is 4.74 Å². The topological polar surface area (TPSA) is 40.3 Å². The van der Waals surface area contributed by atoms with E-state index in [1.165, 1.54) is 33.8 Å². The molecular weight excluding hydrogens is 477 g/mol. The number of para-hydroxylation sites is 1. The molecule has 0 bridgehead atoms. The number of rotatable bonds is 5. The average Bonchev–Trinajstić information content (AvgIpc) is 3.14. The van der Waals surface area contributed by atoms with Gasteiger partial charge in [0.1, 0.15) is 0 Å². The Morgan fingerprint density at radius 2 is 1.73 bits per heavy atom. The van der Waals surface area contributed by atoms with Crippen LogP contribution in [0.25, 0.3) is 21.8 Å². The van der Waals surface area contributed by atoms with Crippen LogP contribution in [0.3, 0.4) is 0 Å². The second kappa shape index (κ2) is 9.36. The maximum absolute atomic E-state index is 6.22. The fraction of sp³-hybridized carbons (Fsp3) is 0.308. The lowest BCUT2D eigenvalue weighted by atomic mass is 9.78. The van der Waals surface area contributed by atoms with Crippen LogP contribution in [-0.4, -0.2) is 49.1 Å². The second-order valence-electron chi connectivity index (χ2n) is 8.94. The molecule has 2 aliphatic rings. The summed E-state index contributed by atoms with van der Waals surface area (Å²) in [5.74, 6) is 0. The SMILES string of the molecule is CCl.Clc1ccc(Nc2cc(CCN3CC4(COC4)C3)c3[nH]c4ccccc4c3c2)cc1Cl. The molecule has 2 saturated heterocycles. The molecule has 2 fully saturated rings. The smallest absolute Gasteiger partial charge is 0.0612 e. The molecule has 1 aromatic heterocycles. The van der Waals surface area contributed by atoms with Crippen molar-refractivity contribution in [3.05, 3.63) is 70.2 Å².